The Kier molecular flexibility index (Phi) is 8.11. The summed E-state index contributed by atoms with van der Waals surface area (Å²) in [6.07, 6.45) is 9.25. The highest BCUT2D eigenvalue weighted by Crippen LogP contribution is 2.34. The van der Waals surface area contributed by atoms with Crippen LogP contribution >= 0.6 is 0 Å². The number of H-pyrrole nitrogens is 1. The molecule has 3 N–H and O–H groups in total. The predicted octanol–water partition coefficient (Wildman–Crippen LogP) is 4.51. The average molecular weight is 563 g/mol. The van der Waals surface area contributed by atoms with Crippen LogP contribution in [0.5, 0.6) is 5.75 Å². The number of aryl methyl sites for hydroxylation is 2. The van der Waals surface area contributed by atoms with Crippen LogP contribution in [0.1, 0.15) is 46.6 Å². The summed E-state index contributed by atoms with van der Waals surface area (Å²) in [5.74, 6) is 2.27. The van der Waals surface area contributed by atoms with E-state index in [-0.39, 0.29) is 7.33 Å². The molecule has 5 rings (SSSR count). The molecule has 4 heterocycles. The lowest BCUT2D eigenvalue weighted by molar-refractivity contribution is -0.0324. The number of benzene rings is 1. The van der Waals surface area contributed by atoms with Crippen LogP contribution in [0.3, 0.4) is 0 Å². The topological polar surface area (TPSA) is 131 Å². The molecule has 1 aliphatic heterocycles. The molecular formula is C30H38N6O5. The number of carbonyl (C=O) groups is 1. The van der Waals surface area contributed by atoms with Crippen molar-refractivity contribution >= 4 is 28.9 Å². The van der Waals surface area contributed by atoms with Gasteiger partial charge in [-0.05, 0) is 43.5 Å². The maximum absolute atomic E-state index is 12.3. The number of allylic oxidation sites excluding steroid dienone is 1. The first-order chi connectivity index (χ1) is 19.8. The highest BCUT2D eigenvalue weighted by Gasteiger charge is 2.42. The molecule has 3 aromatic heterocycles. The van der Waals surface area contributed by atoms with E-state index in [1.807, 2.05) is 30.9 Å². The van der Waals surface area contributed by atoms with Gasteiger partial charge < -0.3 is 38.9 Å². The first kappa shape index (κ1) is 28.3. The molecule has 0 aliphatic carbocycles. The number of aromatic nitrogens is 3. The van der Waals surface area contributed by atoms with E-state index in [0.29, 0.717) is 53.7 Å². The van der Waals surface area contributed by atoms with E-state index in [9.17, 15) is 4.79 Å². The fraction of sp³-hybridized carbons (Fsp3) is 0.367. The van der Waals surface area contributed by atoms with E-state index in [1.54, 1.807) is 51.6 Å². The molecule has 1 saturated heterocycles. The van der Waals surface area contributed by atoms with Crippen LogP contribution in [0.4, 0.5) is 0 Å². The first-order valence-corrected chi connectivity index (χ1v) is 13.4. The number of nitrogens with zero attached hydrogens (tertiary/aromatic N) is 3. The number of likely N-dealkylation sites (tertiary alicyclic amines) is 1. The number of ether oxygens (including phenoxy) is 3. The quantitative estimate of drug-likeness (QED) is 0.181. The molecule has 1 amide bonds. The van der Waals surface area contributed by atoms with Gasteiger partial charge in [-0.25, -0.2) is 4.98 Å². The van der Waals surface area contributed by atoms with E-state index in [4.69, 9.17) is 24.0 Å². The van der Waals surface area contributed by atoms with Crippen molar-refractivity contribution in [3.8, 4) is 5.75 Å². The molecule has 0 spiro atoms. The number of aromatic amines is 1. The number of amides is 1. The van der Waals surface area contributed by atoms with Crippen LogP contribution in [-0.2, 0) is 28.7 Å². The predicted molar refractivity (Wildman–Crippen MR) is 157 cm³/mol. The van der Waals surface area contributed by atoms with Crippen molar-refractivity contribution in [1.29, 1.82) is 5.41 Å². The Bertz CT molecular complexity index is 1600. The minimum absolute atomic E-state index is 0. The van der Waals surface area contributed by atoms with E-state index in [2.05, 4.69) is 20.2 Å². The van der Waals surface area contributed by atoms with Gasteiger partial charge in [0.1, 0.15) is 28.5 Å². The molecular weight excluding hydrogens is 524 g/mol. The molecule has 11 nitrogen and oxygen atoms in total. The lowest BCUT2D eigenvalue weighted by Crippen LogP contribution is -2.36. The summed E-state index contributed by atoms with van der Waals surface area (Å²) in [6.45, 7) is 6.19. The SMILES string of the molecule is CNC(=O)c1c(C)oc2cc(O/C(=C/C=N)c3[nH]cc(COCN4CCC(OC)(c5nccn5C)C4)c3C)ccc12.[HH]. The van der Waals surface area contributed by atoms with Gasteiger partial charge in [0.05, 0.1) is 24.6 Å². The van der Waals surface area contributed by atoms with Crippen molar-refractivity contribution in [3.05, 3.63) is 76.8 Å². The molecule has 1 atom stereocenters. The number of imidazole rings is 1. The van der Waals surface area contributed by atoms with Crippen molar-refractivity contribution in [2.45, 2.75) is 32.5 Å². The van der Waals surface area contributed by atoms with Crippen LogP contribution in [0.25, 0.3) is 16.7 Å². The van der Waals surface area contributed by atoms with E-state index in [1.165, 1.54) is 6.21 Å². The third-order valence-electron chi connectivity index (χ3n) is 7.71. The van der Waals surface area contributed by atoms with Gasteiger partial charge in [-0.1, -0.05) is 0 Å². The summed E-state index contributed by atoms with van der Waals surface area (Å²) in [6, 6.07) is 5.33. The van der Waals surface area contributed by atoms with Crippen LogP contribution < -0.4 is 10.1 Å². The molecule has 11 heteroatoms. The van der Waals surface area contributed by atoms with Crippen LogP contribution in [-0.4, -0.2) is 65.5 Å². The number of furan rings is 1. The normalized spacial score (nSPS) is 17.8. The second kappa shape index (κ2) is 11.7. The van der Waals surface area contributed by atoms with Crippen LogP contribution in [0, 0.1) is 19.3 Å². The molecule has 1 fully saturated rings. The summed E-state index contributed by atoms with van der Waals surface area (Å²) in [5.41, 5.74) is 3.33. The zero-order chi connectivity index (χ0) is 29.1. The van der Waals surface area contributed by atoms with Gasteiger partial charge in [-0.15, -0.1) is 0 Å². The van der Waals surface area contributed by atoms with Crippen molar-refractivity contribution in [1.82, 2.24) is 24.8 Å². The van der Waals surface area contributed by atoms with Gasteiger partial charge in [-0.3, -0.25) is 9.69 Å². The van der Waals surface area contributed by atoms with Gasteiger partial charge in [0.2, 0.25) is 0 Å². The Labute approximate surface area is 240 Å². The summed E-state index contributed by atoms with van der Waals surface area (Å²) in [7, 11) is 5.31. The lowest BCUT2D eigenvalue weighted by atomic mass is 10.0. The zero-order valence-corrected chi connectivity index (χ0v) is 24.0. The summed E-state index contributed by atoms with van der Waals surface area (Å²) in [5, 5.41) is 11.0. The van der Waals surface area contributed by atoms with Crippen LogP contribution in [0.15, 0.2) is 47.3 Å². The number of rotatable bonds is 11. The van der Waals surface area contributed by atoms with E-state index < -0.39 is 5.60 Å². The standard InChI is InChI=1S/C30H36N6O5.H2/c1-19-21(16-39-18-36-12-9-30(17-36,38-5)29-33-11-13-35(29)4)15-34-27(19)24(8-10-31)41-22-6-7-23-25(14-22)40-20(2)26(23)28(37)32-3;/h6-8,10-11,13-15,31,34H,9,12,16-18H2,1-5H3,(H,32,37);1H/b24-8+,31-10?;. The van der Waals surface area contributed by atoms with Gasteiger partial charge >= 0.3 is 0 Å². The summed E-state index contributed by atoms with van der Waals surface area (Å²) >= 11 is 0. The van der Waals surface area contributed by atoms with E-state index in [0.717, 1.165) is 35.6 Å². The highest BCUT2D eigenvalue weighted by atomic mass is 16.5. The molecule has 41 heavy (non-hydrogen) atoms. The smallest absolute Gasteiger partial charge is 0.255 e. The maximum atomic E-state index is 12.3. The minimum Gasteiger partial charge on any atom is -0.460 e. The second-order valence-corrected chi connectivity index (χ2v) is 10.2. The second-order valence-electron chi connectivity index (χ2n) is 10.2. The molecule has 1 aliphatic rings. The van der Waals surface area contributed by atoms with Crippen molar-refractivity contribution < 1.29 is 24.8 Å². The fourth-order valence-corrected chi connectivity index (χ4v) is 5.48. The van der Waals surface area contributed by atoms with Gasteiger partial charge in [-0.2, -0.15) is 0 Å². The maximum Gasteiger partial charge on any atom is 0.255 e. The molecule has 1 aromatic carbocycles. The number of carbonyl (C=O) groups excluding carboxylic acids is 1. The van der Waals surface area contributed by atoms with Crippen molar-refractivity contribution in [3.63, 3.8) is 0 Å². The number of fused-ring (bicyclic) bond motifs is 1. The van der Waals surface area contributed by atoms with Gasteiger partial charge in [0, 0.05) is 78.1 Å². The number of methoxy groups -OCH3 is 1. The summed E-state index contributed by atoms with van der Waals surface area (Å²) in [4.78, 5) is 22.3. The Morgan fingerprint density at radius 3 is 2.90 bits per heavy atom. The number of nitrogens with one attached hydrogen (secondary N) is 3. The molecule has 0 bridgehead atoms. The Morgan fingerprint density at radius 2 is 2.20 bits per heavy atom. The number of hydrogen-bond donors (Lipinski definition) is 3. The van der Waals surface area contributed by atoms with Gasteiger partial charge in [0.15, 0.2) is 5.76 Å². The third-order valence-corrected chi connectivity index (χ3v) is 7.71. The number of hydrogen-bond acceptors (Lipinski definition) is 8. The largest absolute Gasteiger partial charge is 0.460 e. The van der Waals surface area contributed by atoms with Crippen molar-refractivity contribution in [2.24, 2.45) is 7.05 Å². The summed E-state index contributed by atoms with van der Waals surface area (Å²) < 4.78 is 26.1. The molecule has 0 saturated carbocycles. The Hall–Kier alpha value is -4.19. The average Bonchev–Trinajstić information content (AvgIpc) is 3.74. The Balaban J connectivity index is 0.00000405. The molecule has 4 aromatic rings. The molecule has 218 valence electrons. The molecule has 0 radical (unpaired) electrons. The van der Waals surface area contributed by atoms with Crippen LogP contribution in [0.2, 0.25) is 0 Å². The fourth-order valence-electron chi connectivity index (χ4n) is 5.48. The van der Waals surface area contributed by atoms with Crippen molar-refractivity contribution in [2.75, 3.05) is 34.0 Å². The van der Waals surface area contributed by atoms with Gasteiger partial charge in [0.25, 0.3) is 5.91 Å². The first-order valence-electron chi connectivity index (χ1n) is 13.4. The monoisotopic (exact) mass is 562 g/mol. The third kappa shape index (κ3) is 5.43. The zero-order valence-electron chi connectivity index (χ0n) is 24.0. The highest BCUT2D eigenvalue weighted by molar-refractivity contribution is 6.07. The van der Waals surface area contributed by atoms with E-state index >= 15 is 0 Å². The molecule has 1 unspecified atom stereocenters. The Morgan fingerprint density at radius 1 is 1.37 bits per heavy atom. The lowest BCUT2D eigenvalue weighted by Gasteiger charge is -2.27. The minimum atomic E-state index is -0.441.